The predicted octanol–water partition coefficient (Wildman–Crippen LogP) is 5.06. The van der Waals surface area contributed by atoms with Crippen molar-refractivity contribution in [2.24, 2.45) is 0 Å². The van der Waals surface area contributed by atoms with E-state index in [1.54, 1.807) is 68.8 Å². The molecule has 0 aliphatic heterocycles. The molecular formula is C28H26BrClN4O5. The monoisotopic (exact) mass is 612 g/mol. The van der Waals surface area contributed by atoms with Crippen LogP contribution in [0.25, 0.3) is 10.9 Å². The number of aromatic nitrogens is 1. The van der Waals surface area contributed by atoms with Crippen LogP contribution in [-0.2, 0) is 16.0 Å². The summed E-state index contributed by atoms with van der Waals surface area (Å²) in [5, 5.41) is 6.59. The molecule has 202 valence electrons. The van der Waals surface area contributed by atoms with Gasteiger partial charge in [-0.15, -0.1) is 0 Å². The molecule has 39 heavy (non-hydrogen) atoms. The molecule has 0 aliphatic carbocycles. The zero-order valence-electron chi connectivity index (χ0n) is 21.4. The number of nitrogens with zero attached hydrogens (tertiary/aromatic N) is 1. The SMILES string of the molecule is COc1ccc(CCNC(=O)C(=O)Nn2c(C(=O)Nc3ccc(C)c(Cl)c3)cc3cc(Br)ccc32)cc1OC. The topological polar surface area (TPSA) is 111 Å². The van der Waals surface area contributed by atoms with Crippen LogP contribution >= 0.6 is 27.5 Å². The number of amides is 3. The number of carbonyl (C=O) groups is 3. The summed E-state index contributed by atoms with van der Waals surface area (Å²) in [7, 11) is 3.10. The molecule has 0 saturated heterocycles. The molecule has 0 bridgehead atoms. The van der Waals surface area contributed by atoms with Gasteiger partial charge in [0.1, 0.15) is 5.69 Å². The van der Waals surface area contributed by atoms with E-state index in [4.69, 9.17) is 21.1 Å². The van der Waals surface area contributed by atoms with Crippen molar-refractivity contribution in [3.8, 4) is 11.5 Å². The van der Waals surface area contributed by atoms with Crippen LogP contribution in [0.2, 0.25) is 5.02 Å². The fraction of sp³-hybridized carbons (Fsp3) is 0.179. The van der Waals surface area contributed by atoms with Gasteiger partial charge in [0.25, 0.3) is 5.91 Å². The van der Waals surface area contributed by atoms with Crippen LogP contribution < -0.4 is 25.5 Å². The molecule has 4 rings (SSSR count). The summed E-state index contributed by atoms with van der Waals surface area (Å²) in [5.74, 6) is -1.08. The molecule has 0 fully saturated rings. The molecule has 11 heteroatoms. The molecular weight excluding hydrogens is 588 g/mol. The van der Waals surface area contributed by atoms with Gasteiger partial charge in [-0.3, -0.25) is 19.8 Å². The van der Waals surface area contributed by atoms with Crippen molar-refractivity contribution in [3.63, 3.8) is 0 Å². The largest absolute Gasteiger partial charge is 0.493 e. The Hall–Kier alpha value is -4.02. The highest BCUT2D eigenvalue weighted by molar-refractivity contribution is 9.10. The summed E-state index contributed by atoms with van der Waals surface area (Å²) < 4.78 is 12.6. The molecule has 3 N–H and O–H groups in total. The summed E-state index contributed by atoms with van der Waals surface area (Å²) in [6.45, 7) is 2.07. The summed E-state index contributed by atoms with van der Waals surface area (Å²) in [5.41, 5.74) is 5.48. The normalized spacial score (nSPS) is 10.7. The Labute approximate surface area is 238 Å². The first kappa shape index (κ1) is 28.0. The van der Waals surface area contributed by atoms with Crippen LogP contribution in [-0.4, -0.2) is 43.2 Å². The van der Waals surface area contributed by atoms with Gasteiger partial charge in [-0.25, -0.2) is 4.68 Å². The molecule has 1 heterocycles. The Balaban J connectivity index is 1.48. The highest BCUT2D eigenvalue weighted by atomic mass is 79.9. The third-order valence-corrected chi connectivity index (χ3v) is 6.89. The van der Waals surface area contributed by atoms with Crippen molar-refractivity contribution in [2.45, 2.75) is 13.3 Å². The molecule has 0 atom stereocenters. The molecule has 9 nitrogen and oxygen atoms in total. The second kappa shape index (κ2) is 12.2. The van der Waals surface area contributed by atoms with Gasteiger partial charge in [-0.2, -0.15) is 0 Å². The number of carbonyl (C=O) groups excluding carboxylic acids is 3. The van der Waals surface area contributed by atoms with E-state index in [-0.39, 0.29) is 12.2 Å². The molecule has 0 unspecified atom stereocenters. The number of aryl methyl sites for hydroxylation is 1. The van der Waals surface area contributed by atoms with E-state index in [2.05, 4.69) is 32.0 Å². The van der Waals surface area contributed by atoms with Crippen LogP contribution in [0.1, 0.15) is 21.6 Å². The van der Waals surface area contributed by atoms with Gasteiger partial charge in [0.15, 0.2) is 11.5 Å². The van der Waals surface area contributed by atoms with Gasteiger partial charge in [-0.05, 0) is 73.0 Å². The second-order valence-electron chi connectivity index (χ2n) is 8.62. The third-order valence-electron chi connectivity index (χ3n) is 5.99. The van der Waals surface area contributed by atoms with E-state index < -0.39 is 17.7 Å². The number of nitrogens with one attached hydrogen (secondary N) is 3. The van der Waals surface area contributed by atoms with E-state index in [0.29, 0.717) is 39.5 Å². The maximum Gasteiger partial charge on any atom is 0.328 e. The van der Waals surface area contributed by atoms with Crippen molar-refractivity contribution in [1.82, 2.24) is 9.99 Å². The fourth-order valence-corrected chi connectivity index (χ4v) is 4.49. The van der Waals surface area contributed by atoms with Gasteiger partial charge < -0.3 is 20.1 Å². The van der Waals surface area contributed by atoms with Crippen LogP contribution in [0.4, 0.5) is 5.69 Å². The minimum atomic E-state index is -0.921. The van der Waals surface area contributed by atoms with Crippen LogP contribution in [0.15, 0.2) is 65.1 Å². The third kappa shape index (κ3) is 6.52. The predicted molar refractivity (Wildman–Crippen MR) is 154 cm³/mol. The number of halogens is 2. The van der Waals surface area contributed by atoms with Crippen molar-refractivity contribution >= 4 is 61.8 Å². The summed E-state index contributed by atoms with van der Waals surface area (Å²) in [6.07, 6.45) is 0.465. The number of fused-ring (bicyclic) bond motifs is 1. The lowest BCUT2D eigenvalue weighted by molar-refractivity contribution is -0.136. The first-order chi connectivity index (χ1) is 18.7. The molecule has 0 spiro atoms. The zero-order valence-corrected chi connectivity index (χ0v) is 23.8. The highest BCUT2D eigenvalue weighted by Crippen LogP contribution is 2.28. The lowest BCUT2D eigenvalue weighted by Gasteiger charge is -2.13. The Kier molecular flexibility index (Phi) is 8.78. The first-order valence-corrected chi connectivity index (χ1v) is 13.1. The Morgan fingerprint density at radius 2 is 1.69 bits per heavy atom. The quantitative estimate of drug-likeness (QED) is 0.241. The smallest absolute Gasteiger partial charge is 0.328 e. The number of ether oxygens (including phenoxy) is 2. The second-order valence-corrected chi connectivity index (χ2v) is 9.95. The van der Waals surface area contributed by atoms with E-state index in [1.807, 2.05) is 13.0 Å². The highest BCUT2D eigenvalue weighted by Gasteiger charge is 2.21. The molecule has 3 aromatic carbocycles. The number of hydrogen-bond donors (Lipinski definition) is 3. The van der Waals surface area contributed by atoms with E-state index in [1.165, 1.54) is 4.68 Å². The molecule has 4 aromatic rings. The van der Waals surface area contributed by atoms with Gasteiger partial charge in [0, 0.05) is 27.1 Å². The van der Waals surface area contributed by atoms with Crippen molar-refractivity contribution in [1.29, 1.82) is 0 Å². The summed E-state index contributed by atoms with van der Waals surface area (Å²) >= 11 is 9.61. The minimum Gasteiger partial charge on any atom is -0.493 e. The molecule has 3 amide bonds. The van der Waals surface area contributed by atoms with Crippen LogP contribution in [0.5, 0.6) is 11.5 Å². The van der Waals surface area contributed by atoms with E-state index in [0.717, 1.165) is 15.6 Å². The summed E-state index contributed by atoms with van der Waals surface area (Å²) in [6, 6.07) is 17.5. The molecule has 1 aromatic heterocycles. The van der Waals surface area contributed by atoms with E-state index in [9.17, 15) is 14.4 Å². The average molecular weight is 614 g/mol. The number of hydrogen-bond acceptors (Lipinski definition) is 5. The van der Waals surface area contributed by atoms with E-state index >= 15 is 0 Å². The first-order valence-electron chi connectivity index (χ1n) is 11.9. The Bertz CT molecular complexity index is 1570. The lowest BCUT2D eigenvalue weighted by atomic mass is 10.1. The number of methoxy groups -OCH3 is 2. The number of benzene rings is 3. The molecule has 0 radical (unpaired) electrons. The average Bonchev–Trinajstić information content (AvgIpc) is 3.27. The molecule has 0 saturated carbocycles. The number of anilines is 1. The maximum absolute atomic E-state index is 13.2. The van der Waals surface area contributed by atoms with Crippen LogP contribution in [0.3, 0.4) is 0 Å². The van der Waals surface area contributed by atoms with Crippen molar-refractivity contribution in [2.75, 3.05) is 31.5 Å². The maximum atomic E-state index is 13.2. The number of rotatable bonds is 8. The minimum absolute atomic E-state index is 0.131. The Morgan fingerprint density at radius 1 is 0.923 bits per heavy atom. The van der Waals surface area contributed by atoms with Gasteiger partial charge in [0.2, 0.25) is 0 Å². The Morgan fingerprint density at radius 3 is 2.41 bits per heavy atom. The lowest BCUT2D eigenvalue weighted by Crippen LogP contribution is -2.40. The van der Waals surface area contributed by atoms with Crippen LogP contribution in [0, 0.1) is 6.92 Å². The van der Waals surface area contributed by atoms with Crippen molar-refractivity contribution in [3.05, 3.63) is 87.0 Å². The standard InChI is InChI=1S/C28H26BrClN4O5/c1-16-4-7-20(15-21(16)30)32-26(35)23-14-18-13-19(29)6-8-22(18)34(23)33-28(37)27(36)31-11-10-17-5-9-24(38-2)25(12-17)39-3/h4-9,12-15H,10-11H2,1-3H3,(H,31,36)(H,32,35)(H,33,37). The van der Waals surface area contributed by atoms with Gasteiger partial charge >= 0.3 is 11.8 Å². The zero-order chi connectivity index (χ0) is 28.1. The van der Waals surface area contributed by atoms with Gasteiger partial charge in [0.05, 0.1) is 19.7 Å². The van der Waals surface area contributed by atoms with Gasteiger partial charge in [-0.1, -0.05) is 39.7 Å². The summed E-state index contributed by atoms with van der Waals surface area (Å²) in [4.78, 5) is 38.6. The molecule has 0 aliphatic rings. The fourth-order valence-electron chi connectivity index (χ4n) is 3.93. The van der Waals surface area contributed by atoms with Crippen molar-refractivity contribution < 1.29 is 23.9 Å².